The van der Waals surface area contributed by atoms with Crippen LogP contribution in [0.2, 0.25) is 0 Å². The second-order valence-electron chi connectivity index (χ2n) is 9.65. The maximum Gasteiger partial charge on any atom is 0.257 e. The summed E-state index contributed by atoms with van der Waals surface area (Å²) in [5.41, 5.74) is 6.78. The first-order chi connectivity index (χ1) is 18.1. The summed E-state index contributed by atoms with van der Waals surface area (Å²) in [7, 11) is 1.65. The molecule has 0 unspecified atom stereocenters. The van der Waals surface area contributed by atoms with Crippen molar-refractivity contribution < 1.29 is 9.53 Å². The van der Waals surface area contributed by atoms with Gasteiger partial charge in [0, 0.05) is 41.6 Å². The second-order valence-corrected chi connectivity index (χ2v) is 9.65. The molecule has 6 rings (SSSR count). The fourth-order valence-electron chi connectivity index (χ4n) is 5.36. The highest BCUT2D eigenvalue weighted by atomic mass is 16.5. The highest BCUT2D eigenvalue weighted by Crippen LogP contribution is 2.41. The molecule has 7 heteroatoms. The van der Waals surface area contributed by atoms with Crippen molar-refractivity contribution in [1.29, 1.82) is 0 Å². The van der Waals surface area contributed by atoms with Gasteiger partial charge in [0.1, 0.15) is 11.6 Å². The molecule has 7 nitrogen and oxygen atoms in total. The lowest BCUT2D eigenvalue weighted by Gasteiger charge is -2.32. The lowest BCUT2D eigenvalue weighted by molar-refractivity contribution is -0.110. The summed E-state index contributed by atoms with van der Waals surface area (Å²) in [6, 6.07) is 22.3. The highest BCUT2D eigenvalue weighted by molar-refractivity contribution is 6.38. The molecule has 0 saturated carbocycles. The number of rotatable bonds is 6. The Kier molecular flexibility index (Phi) is 6.14. The molecule has 1 fully saturated rings. The number of aromatic nitrogens is 2. The Hall–Kier alpha value is -4.10. The molecule has 1 amide bonds. The minimum Gasteiger partial charge on any atom is -0.497 e. The van der Waals surface area contributed by atoms with E-state index in [9.17, 15) is 4.79 Å². The van der Waals surface area contributed by atoms with E-state index in [2.05, 4.69) is 39.6 Å². The molecular formula is C30H31N5O2. The molecule has 2 aliphatic heterocycles. The molecule has 3 N–H and O–H groups in total. The molecule has 37 heavy (non-hydrogen) atoms. The van der Waals surface area contributed by atoms with Gasteiger partial charge in [-0.2, -0.15) is 0 Å². The third kappa shape index (κ3) is 4.47. The average molecular weight is 494 g/mol. The zero-order valence-corrected chi connectivity index (χ0v) is 21.2. The normalized spacial score (nSPS) is 17.5. The Morgan fingerprint density at radius 3 is 2.59 bits per heavy atom. The third-order valence-electron chi connectivity index (χ3n) is 7.42. The number of likely N-dealkylation sites (tertiary alicyclic amines) is 1. The summed E-state index contributed by atoms with van der Waals surface area (Å²) < 4.78 is 5.38. The second kappa shape index (κ2) is 9.75. The fourth-order valence-corrected chi connectivity index (χ4v) is 5.36. The number of benzene rings is 3. The Morgan fingerprint density at radius 2 is 1.86 bits per heavy atom. The summed E-state index contributed by atoms with van der Waals surface area (Å²) in [5, 5.41) is 6.79. The molecule has 2 aliphatic rings. The van der Waals surface area contributed by atoms with Gasteiger partial charge in [-0.15, -0.1) is 0 Å². The molecule has 1 saturated heterocycles. The Bertz CT molecular complexity index is 1450. The molecular weight excluding hydrogens is 462 g/mol. The van der Waals surface area contributed by atoms with E-state index in [0.717, 1.165) is 77.3 Å². The number of imidazole rings is 1. The molecule has 3 heterocycles. The van der Waals surface area contributed by atoms with E-state index >= 15 is 0 Å². The lowest BCUT2D eigenvalue weighted by atomic mass is 9.94. The number of ether oxygens (including phenoxy) is 1. The van der Waals surface area contributed by atoms with Gasteiger partial charge in [0.25, 0.3) is 5.91 Å². The molecule has 0 spiro atoms. The predicted molar refractivity (Wildman–Crippen MR) is 149 cm³/mol. The number of hydrogen-bond donors (Lipinski definition) is 3. The van der Waals surface area contributed by atoms with Gasteiger partial charge in [-0.1, -0.05) is 31.2 Å². The van der Waals surface area contributed by atoms with Crippen LogP contribution in [-0.2, 0) is 4.79 Å². The van der Waals surface area contributed by atoms with Gasteiger partial charge < -0.3 is 25.3 Å². The van der Waals surface area contributed by atoms with Crippen LogP contribution in [0.4, 0.5) is 11.4 Å². The first-order valence-electron chi connectivity index (χ1n) is 12.9. The quantitative estimate of drug-likeness (QED) is 0.314. The van der Waals surface area contributed by atoms with E-state index in [1.807, 2.05) is 54.6 Å². The van der Waals surface area contributed by atoms with Crippen molar-refractivity contribution in [3.05, 3.63) is 83.7 Å². The van der Waals surface area contributed by atoms with Crippen LogP contribution >= 0.6 is 0 Å². The van der Waals surface area contributed by atoms with Crippen molar-refractivity contribution in [2.45, 2.75) is 25.8 Å². The summed E-state index contributed by atoms with van der Waals surface area (Å²) in [6.45, 7) is 5.54. The number of piperidine rings is 1. The zero-order chi connectivity index (χ0) is 25.4. The molecule has 1 aromatic heterocycles. The van der Waals surface area contributed by atoms with Crippen LogP contribution in [0.25, 0.3) is 22.2 Å². The van der Waals surface area contributed by atoms with Gasteiger partial charge in [0.05, 0.1) is 23.7 Å². The van der Waals surface area contributed by atoms with Gasteiger partial charge in [-0.25, -0.2) is 4.98 Å². The van der Waals surface area contributed by atoms with Gasteiger partial charge >= 0.3 is 0 Å². The molecule has 0 bridgehead atoms. The van der Waals surface area contributed by atoms with Crippen molar-refractivity contribution in [3.8, 4) is 5.75 Å². The highest BCUT2D eigenvalue weighted by Gasteiger charge is 2.31. The number of hydrogen-bond acceptors (Lipinski definition) is 5. The van der Waals surface area contributed by atoms with E-state index < -0.39 is 0 Å². The van der Waals surface area contributed by atoms with E-state index in [1.54, 1.807) is 7.11 Å². The minimum absolute atomic E-state index is 0.130. The number of carbonyl (C=O) groups excluding carboxylic acids is 1. The maximum absolute atomic E-state index is 13.5. The van der Waals surface area contributed by atoms with Crippen LogP contribution in [0.3, 0.4) is 0 Å². The molecule has 3 aromatic carbocycles. The standard InChI is InChI=1S/C30H31N5O2/c1-3-35-16-14-20(15-17-35)31-21-10-13-24-23(18-21)28(30(36)34-24)27(19-8-11-22(37-2)12-9-19)29-32-25-6-4-5-7-26(25)33-29/h4-13,18,20,31H,3,14-17H2,1-2H3,(H,32,33)(H,34,36)/b28-27-. The number of anilines is 2. The average Bonchev–Trinajstić information content (AvgIpc) is 3.50. The van der Waals surface area contributed by atoms with Crippen LogP contribution in [0.15, 0.2) is 66.7 Å². The zero-order valence-electron chi connectivity index (χ0n) is 21.2. The largest absolute Gasteiger partial charge is 0.497 e. The van der Waals surface area contributed by atoms with Crippen LogP contribution in [0.5, 0.6) is 5.75 Å². The van der Waals surface area contributed by atoms with Crippen molar-refractivity contribution in [3.63, 3.8) is 0 Å². The Labute approximate surface area is 216 Å². The van der Waals surface area contributed by atoms with Crippen LogP contribution < -0.4 is 15.4 Å². The van der Waals surface area contributed by atoms with Crippen LogP contribution in [-0.4, -0.2) is 53.6 Å². The third-order valence-corrected chi connectivity index (χ3v) is 7.42. The monoisotopic (exact) mass is 493 g/mol. The van der Waals surface area contributed by atoms with Crippen molar-refractivity contribution in [2.75, 3.05) is 37.4 Å². The molecule has 0 atom stereocenters. The van der Waals surface area contributed by atoms with Gasteiger partial charge in [0.15, 0.2) is 0 Å². The molecule has 4 aromatic rings. The topological polar surface area (TPSA) is 82.3 Å². The Morgan fingerprint density at radius 1 is 1.08 bits per heavy atom. The number of nitrogens with one attached hydrogen (secondary N) is 3. The van der Waals surface area contributed by atoms with Gasteiger partial charge in [-0.3, -0.25) is 4.79 Å². The maximum atomic E-state index is 13.5. The summed E-state index contributed by atoms with van der Waals surface area (Å²) >= 11 is 0. The number of H-pyrrole nitrogens is 1. The molecule has 0 aliphatic carbocycles. The van der Waals surface area contributed by atoms with Crippen LogP contribution in [0, 0.1) is 0 Å². The summed E-state index contributed by atoms with van der Waals surface area (Å²) in [6.07, 6.45) is 2.22. The summed E-state index contributed by atoms with van der Waals surface area (Å²) in [4.78, 5) is 24.3. The van der Waals surface area contributed by atoms with E-state index in [1.165, 1.54) is 0 Å². The number of methoxy groups -OCH3 is 1. The molecule has 188 valence electrons. The Balaban J connectivity index is 1.45. The molecule has 0 radical (unpaired) electrons. The van der Waals surface area contributed by atoms with E-state index in [-0.39, 0.29) is 5.91 Å². The van der Waals surface area contributed by atoms with Crippen LogP contribution in [0.1, 0.15) is 36.7 Å². The van der Waals surface area contributed by atoms with Crippen molar-refractivity contribution in [1.82, 2.24) is 14.9 Å². The van der Waals surface area contributed by atoms with E-state index in [0.29, 0.717) is 17.4 Å². The van der Waals surface area contributed by atoms with Gasteiger partial charge in [-0.05, 0) is 67.4 Å². The number of amides is 1. The predicted octanol–water partition coefficient (Wildman–Crippen LogP) is 5.38. The minimum atomic E-state index is -0.130. The number of carbonyl (C=O) groups is 1. The number of nitrogens with zero attached hydrogens (tertiary/aromatic N) is 2. The van der Waals surface area contributed by atoms with Crippen molar-refractivity contribution in [2.24, 2.45) is 0 Å². The first-order valence-corrected chi connectivity index (χ1v) is 12.9. The summed E-state index contributed by atoms with van der Waals surface area (Å²) in [5.74, 6) is 1.29. The fraction of sp³-hybridized carbons (Fsp3) is 0.267. The van der Waals surface area contributed by atoms with E-state index in [4.69, 9.17) is 9.72 Å². The number of fused-ring (bicyclic) bond motifs is 2. The first kappa shape index (κ1) is 23.3. The van der Waals surface area contributed by atoms with Gasteiger partial charge in [0.2, 0.25) is 0 Å². The number of aromatic amines is 1. The smallest absolute Gasteiger partial charge is 0.257 e. The SMILES string of the molecule is CCN1CCC(Nc2ccc3c(c2)/C(=C(\c2ccc(OC)cc2)c2nc4ccccc4[nH]2)C(=O)N3)CC1. The lowest BCUT2D eigenvalue weighted by Crippen LogP contribution is -2.38. The van der Waals surface area contributed by atoms with Crippen molar-refractivity contribution >= 4 is 39.5 Å². The number of para-hydroxylation sites is 2.